The SMILES string of the molecule is Cc1oc2ncn3nc(CCN4C(=O)c5ccccc5C4=O)nc3c2c1C. The van der Waals surface area contributed by atoms with Gasteiger partial charge in [0.15, 0.2) is 11.5 Å². The molecule has 0 bridgehead atoms. The molecule has 8 nitrogen and oxygen atoms in total. The van der Waals surface area contributed by atoms with Crippen LogP contribution in [-0.4, -0.2) is 42.8 Å². The van der Waals surface area contributed by atoms with Crippen LogP contribution >= 0.6 is 0 Å². The van der Waals surface area contributed by atoms with Gasteiger partial charge in [-0.15, -0.1) is 5.10 Å². The molecule has 0 fully saturated rings. The quantitative estimate of drug-likeness (QED) is 0.520. The molecule has 0 radical (unpaired) electrons. The number of hydrogen-bond acceptors (Lipinski definition) is 6. The number of furan rings is 1. The van der Waals surface area contributed by atoms with Gasteiger partial charge in [0.25, 0.3) is 11.8 Å². The number of amides is 2. The Morgan fingerprint density at radius 1 is 1.07 bits per heavy atom. The molecule has 0 N–H and O–H groups in total. The van der Waals surface area contributed by atoms with Gasteiger partial charge in [-0.25, -0.2) is 14.5 Å². The van der Waals surface area contributed by atoms with Crippen LogP contribution < -0.4 is 0 Å². The van der Waals surface area contributed by atoms with Crippen LogP contribution in [0.3, 0.4) is 0 Å². The lowest BCUT2D eigenvalue weighted by atomic mass is 10.1. The van der Waals surface area contributed by atoms with Crippen molar-refractivity contribution in [3.05, 3.63) is 58.9 Å². The second-order valence-corrected chi connectivity index (χ2v) is 6.56. The van der Waals surface area contributed by atoms with Crippen molar-refractivity contribution in [2.45, 2.75) is 20.3 Å². The summed E-state index contributed by atoms with van der Waals surface area (Å²) >= 11 is 0. The summed E-state index contributed by atoms with van der Waals surface area (Å²) in [6.07, 6.45) is 1.92. The predicted molar refractivity (Wildman–Crippen MR) is 95.5 cm³/mol. The third-order valence-corrected chi connectivity index (χ3v) is 4.99. The van der Waals surface area contributed by atoms with Crippen LogP contribution in [0.2, 0.25) is 0 Å². The first-order valence-electron chi connectivity index (χ1n) is 8.60. The largest absolute Gasteiger partial charge is 0.443 e. The molecule has 27 heavy (non-hydrogen) atoms. The van der Waals surface area contributed by atoms with Crippen LogP contribution in [0.15, 0.2) is 35.0 Å². The van der Waals surface area contributed by atoms with Gasteiger partial charge in [-0.2, -0.15) is 0 Å². The van der Waals surface area contributed by atoms with E-state index in [-0.39, 0.29) is 18.4 Å². The third-order valence-electron chi connectivity index (χ3n) is 4.99. The number of aromatic nitrogens is 4. The second kappa shape index (κ2) is 5.47. The Kier molecular flexibility index (Phi) is 3.18. The van der Waals surface area contributed by atoms with Crippen molar-refractivity contribution in [3.63, 3.8) is 0 Å². The van der Waals surface area contributed by atoms with Gasteiger partial charge in [-0.1, -0.05) is 12.1 Å². The van der Waals surface area contributed by atoms with Gasteiger partial charge in [0.2, 0.25) is 5.71 Å². The van der Waals surface area contributed by atoms with E-state index < -0.39 is 0 Å². The van der Waals surface area contributed by atoms with Crippen molar-refractivity contribution < 1.29 is 14.0 Å². The summed E-state index contributed by atoms with van der Waals surface area (Å²) in [5, 5.41) is 5.25. The highest BCUT2D eigenvalue weighted by atomic mass is 16.3. The third kappa shape index (κ3) is 2.19. The molecule has 1 aromatic carbocycles. The number of benzene rings is 1. The highest BCUT2D eigenvalue weighted by Gasteiger charge is 2.34. The Bertz CT molecular complexity index is 1220. The van der Waals surface area contributed by atoms with E-state index in [0.717, 1.165) is 16.7 Å². The molecule has 1 aliphatic rings. The lowest BCUT2D eigenvalue weighted by molar-refractivity contribution is 0.0655. The molecular weight excluding hydrogens is 346 g/mol. The van der Waals surface area contributed by atoms with E-state index in [0.29, 0.717) is 34.7 Å². The Labute approximate surface area is 153 Å². The molecule has 3 aromatic heterocycles. The van der Waals surface area contributed by atoms with E-state index in [9.17, 15) is 9.59 Å². The second-order valence-electron chi connectivity index (χ2n) is 6.56. The number of carbonyl (C=O) groups is 2. The Morgan fingerprint density at radius 2 is 1.78 bits per heavy atom. The first-order chi connectivity index (χ1) is 13.0. The van der Waals surface area contributed by atoms with E-state index in [4.69, 9.17) is 4.42 Å². The molecule has 4 aromatic rings. The minimum absolute atomic E-state index is 0.225. The molecule has 1 aliphatic heterocycles. The average molecular weight is 361 g/mol. The molecule has 0 saturated carbocycles. The van der Waals surface area contributed by atoms with Gasteiger partial charge in [0.05, 0.1) is 16.5 Å². The number of hydrogen-bond donors (Lipinski definition) is 0. The van der Waals surface area contributed by atoms with Gasteiger partial charge < -0.3 is 4.42 Å². The van der Waals surface area contributed by atoms with Crippen molar-refractivity contribution in [2.24, 2.45) is 0 Å². The molecule has 2 amide bonds. The van der Waals surface area contributed by atoms with Crippen molar-refractivity contribution in [2.75, 3.05) is 6.54 Å². The maximum Gasteiger partial charge on any atom is 0.261 e. The number of fused-ring (bicyclic) bond motifs is 4. The van der Waals surface area contributed by atoms with E-state index in [1.54, 1.807) is 35.1 Å². The summed E-state index contributed by atoms with van der Waals surface area (Å²) in [7, 11) is 0. The predicted octanol–water partition coefficient (Wildman–Crippen LogP) is 2.33. The minimum Gasteiger partial charge on any atom is -0.443 e. The molecule has 0 atom stereocenters. The molecular formula is C19H15N5O3. The average Bonchev–Trinajstić information content (AvgIpc) is 3.28. The van der Waals surface area contributed by atoms with E-state index in [1.807, 2.05) is 13.8 Å². The summed E-state index contributed by atoms with van der Waals surface area (Å²) in [5.74, 6) is 0.787. The Hall–Kier alpha value is -3.55. The summed E-state index contributed by atoms with van der Waals surface area (Å²) < 4.78 is 7.23. The maximum absolute atomic E-state index is 12.5. The zero-order chi connectivity index (χ0) is 18.7. The van der Waals surface area contributed by atoms with Gasteiger partial charge in [0.1, 0.15) is 12.1 Å². The first kappa shape index (κ1) is 15.7. The lowest BCUT2D eigenvalue weighted by Crippen LogP contribution is -2.31. The van der Waals surface area contributed by atoms with Crippen LogP contribution in [-0.2, 0) is 6.42 Å². The summed E-state index contributed by atoms with van der Waals surface area (Å²) in [5.41, 5.74) is 3.05. The normalized spacial score (nSPS) is 13.9. The maximum atomic E-state index is 12.5. The number of imide groups is 1. The van der Waals surface area contributed by atoms with Gasteiger partial charge in [0, 0.05) is 18.5 Å². The van der Waals surface area contributed by atoms with Crippen LogP contribution in [0.25, 0.3) is 16.7 Å². The standard InChI is InChI=1S/C19H15N5O3/c1-10-11(2)27-17-15(10)16-21-14(22-24(16)9-20-17)7-8-23-18(25)12-5-3-4-6-13(12)19(23)26/h3-6,9H,7-8H2,1-2H3. The van der Waals surface area contributed by atoms with E-state index in [1.165, 1.54) is 4.90 Å². The molecule has 0 unspecified atom stereocenters. The van der Waals surface area contributed by atoms with Crippen LogP contribution in [0.1, 0.15) is 37.9 Å². The summed E-state index contributed by atoms with van der Waals surface area (Å²) in [4.78, 5) is 35.0. The van der Waals surface area contributed by atoms with Crippen molar-refractivity contribution in [3.8, 4) is 0 Å². The molecule has 0 saturated heterocycles. The molecule has 0 spiro atoms. The van der Waals surface area contributed by atoms with Gasteiger partial charge in [-0.3, -0.25) is 14.5 Å². The number of carbonyl (C=O) groups excluding carboxylic acids is 2. The fourth-order valence-corrected chi connectivity index (χ4v) is 3.45. The number of aryl methyl sites for hydroxylation is 2. The fraction of sp³-hybridized carbons (Fsp3) is 0.211. The molecule has 4 heterocycles. The number of rotatable bonds is 3. The Morgan fingerprint density at radius 3 is 2.48 bits per heavy atom. The number of nitrogens with zero attached hydrogens (tertiary/aromatic N) is 5. The first-order valence-corrected chi connectivity index (χ1v) is 8.60. The van der Waals surface area contributed by atoms with Crippen molar-refractivity contribution in [1.82, 2.24) is 24.5 Å². The van der Waals surface area contributed by atoms with Gasteiger partial charge in [-0.05, 0) is 26.0 Å². The zero-order valence-electron chi connectivity index (χ0n) is 14.8. The fourth-order valence-electron chi connectivity index (χ4n) is 3.45. The smallest absolute Gasteiger partial charge is 0.261 e. The highest BCUT2D eigenvalue weighted by Crippen LogP contribution is 2.26. The van der Waals surface area contributed by atoms with Gasteiger partial charge >= 0.3 is 0 Å². The van der Waals surface area contributed by atoms with Crippen LogP contribution in [0.5, 0.6) is 0 Å². The van der Waals surface area contributed by atoms with E-state index >= 15 is 0 Å². The molecule has 5 rings (SSSR count). The molecule has 0 aliphatic carbocycles. The van der Waals surface area contributed by atoms with Crippen molar-refractivity contribution >= 4 is 28.6 Å². The monoisotopic (exact) mass is 361 g/mol. The summed E-state index contributed by atoms with van der Waals surface area (Å²) in [6.45, 7) is 4.06. The minimum atomic E-state index is -0.273. The van der Waals surface area contributed by atoms with Crippen LogP contribution in [0.4, 0.5) is 0 Å². The van der Waals surface area contributed by atoms with E-state index in [2.05, 4.69) is 15.1 Å². The zero-order valence-corrected chi connectivity index (χ0v) is 14.8. The van der Waals surface area contributed by atoms with Crippen molar-refractivity contribution in [1.29, 1.82) is 0 Å². The lowest BCUT2D eigenvalue weighted by Gasteiger charge is -2.11. The molecule has 8 heteroatoms. The van der Waals surface area contributed by atoms with Crippen LogP contribution in [0, 0.1) is 13.8 Å². The summed E-state index contributed by atoms with van der Waals surface area (Å²) in [6, 6.07) is 6.85. The Balaban J connectivity index is 1.45. The topological polar surface area (TPSA) is 93.6 Å². The highest BCUT2D eigenvalue weighted by molar-refractivity contribution is 6.21. The molecule has 134 valence electrons.